The lowest BCUT2D eigenvalue weighted by Gasteiger charge is -1.94. The molecule has 1 rings (SSSR count). The highest BCUT2D eigenvalue weighted by molar-refractivity contribution is 7.80. The van der Waals surface area contributed by atoms with E-state index in [0.717, 1.165) is 10.6 Å². The largest absolute Gasteiger partial charge is 0.260 e. The predicted octanol–water partition coefficient (Wildman–Crippen LogP) is 2.70. The molecule has 0 saturated carbocycles. The van der Waals surface area contributed by atoms with Crippen molar-refractivity contribution in [3.8, 4) is 0 Å². The lowest BCUT2D eigenvalue weighted by atomic mass is 10.3. The van der Waals surface area contributed by atoms with Crippen molar-refractivity contribution in [3.63, 3.8) is 0 Å². The molecule has 52 valence electrons. The van der Waals surface area contributed by atoms with Crippen LogP contribution in [0.25, 0.3) is 0 Å². The van der Waals surface area contributed by atoms with Gasteiger partial charge in [-0.25, -0.2) is 0 Å². The molecule has 0 aromatic heterocycles. The second-order valence-corrected chi connectivity index (χ2v) is 2.36. The number of rotatable bonds is 1. The van der Waals surface area contributed by atoms with Gasteiger partial charge in [-0.3, -0.25) is 4.99 Å². The molecular weight excluding hydrogens is 142 g/mol. The van der Waals surface area contributed by atoms with E-state index in [1.165, 1.54) is 0 Å². The second kappa shape index (κ2) is 3.42. The molecule has 0 bridgehead atoms. The fourth-order valence-corrected chi connectivity index (χ4v) is 0.931. The molecule has 1 nitrogen and oxygen atoms in total. The van der Waals surface area contributed by atoms with Crippen molar-refractivity contribution < 1.29 is 0 Å². The van der Waals surface area contributed by atoms with Crippen molar-refractivity contribution in [1.82, 2.24) is 0 Å². The summed E-state index contributed by atoms with van der Waals surface area (Å²) in [6, 6.07) is 7.74. The molecule has 0 radical (unpaired) electrons. The summed E-state index contributed by atoms with van der Waals surface area (Å²) in [5.41, 5.74) is 0.924. The molecule has 0 N–H and O–H groups in total. The molecule has 0 saturated heterocycles. The van der Waals surface area contributed by atoms with Gasteiger partial charge in [0.15, 0.2) is 0 Å². The van der Waals surface area contributed by atoms with E-state index in [0.29, 0.717) is 0 Å². The molecule has 2 heteroatoms. The molecule has 0 fully saturated rings. The Morgan fingerprint density at radius 2 is 2.10 bits per heavy atom. The van der Waals surface area contributed by atoms with Crippen molar-refractivity contribution in [3.05, 3.63) is 24.3 Å². The molecule has 1 aromatic rings. The average Bonchev–Trinajstić information content (AvgIpc) is 1.94. The van der Waals surface area contributed by atoms with E-state index in [-0.39, 0.29) is 0 Å². The lowest BCUT2D eigenvalue weighted by molar-refractivity contribution is 1.39. The molecule has 10 heavy (non-hydrogen) atoms. The number of nitrogens with zero attached hydrogens (tertiary/aromatic N) is 1. The summed E-state index contributed by atoms with van der Waals surface area (Å²) in [4.78, 5) is 5.02. The summed E-state index contributed by atoms with van der Waals surface area (Å²) < 4.78 is 0. The van der Waals surface area contributed by atoms with E-state index in [1.807, 2.05) is 31.2 Å². The number of hydrogen-bond acceptors (Lipinski definition) is 2. The van der Waals surface area contributed by atoms with Crippen molar-refractivity contribution in [2.45, 2.75) is 11.8 Å². The molecular formula is C8H9NS. The van der Waals surface area contributed by atoms with Gasteiger partial charge >= 0.3 is 0 Å². The molecule has 0 unspecified atom stereocenters. The van der Waals surface area contributed by atoms with Gasteiger partial charge in [0.25, 0.3) is 0 Å². The van der Waals surface area contributed by atoms with Gasteiger partial charge in [0, 0.05) is 11.1 Å². The van der Waals surface area contributed by atoms with Gasteiger partial charge in [0.1, 0.15) is 0 Å². The Labute approximate surface area is 66.2 Å². The molecule has 0 spiro atoms. The number of benzene rings is 1. The third-order valence-electron chi connectivity index (χ3n) is 1.15. The van der Waals surface area contributed by atoms with Gasteiger partial charge < -0.3 is 0 Å². The minimum atomic E-state index is 0.917. The van der Waals surface area contributed by atoms with Gasteiger partial charge in [0.05, 0.1) is 5.69 Å². The molecule has 0 amide bonds. The first-order valence-electron chi connectivity index (χ1n) is 3.11. The van der Waals surface area contributed by atoms with Crippen LogP contribution in [0.5, 0.6) is 0 Å². The third kappa shape index (κ3) is 1.61. The minimum Gasteiger partial charge on any atom is -0.260 e. The quantitative estimate of drug-likeness (QED) is 0.468. The van der Waals surface area contributed by atoms with Crippen LogP contribution in [0.2, 0.25) is 0 Å². The number of para-hydroxylation sites is 1. The van der Waals surface area contributed by atoms with Crippen LogP contribution in [0.1, 0.15) is 6.92 Å². The first-order chi connectivity index (χ1) is 4.84. The maximum atomic E-state index is 4.22. The molecule has 0 aliphatic heterocycles. The van der Waals surface area contributed by atoms with Gasteiger partial charge in [0.2, 0.25) is 0 Å². The minimum absolute atomic E-state index is 0.917. The number of aliphatic imine (C=N–C) groups is 1. The average molecular weight is 151 g/mol. The summed E-state index contributed by atoms with van der Waals surface area (Å²) in [5.74, 6) is 0. The van der Waals surface area contributed by atoms with Crippen LogP contribution in [-0.4, -0.2) is 6.21 Å². The van der Waals surface area contributed by atoms with Gasteiger partial charge in [-0.2, -0.15) is 0 Å². The summed E-state index contributed by atoms with van der Waals surface area (Å²) in [6.45, 7) is 1.89. The third-order valence-corrected chi connectivity index (χ3v) is 1.53. The lowest BCUT2D eigenvalue weighted by Crippen LogP contribution is -1.67. The number of thiol groups is 1. The Morgan fingerprint density at radius 3 is 2.70 bits per heavy atom. The summed E-state index contributed by atoms with van der Waals surface area (Å²) >= 11 is 4.22. The Hall–Kier alpha value is -0.760. The summed E-state index contributed by atoms with van der Waals surface area (Å²) in [7, 11) is 0. The van der Waals surface area contributed by atoms with Crippen LogP contribution in [0.3, 0.4) is 0 Å². The van der Waals surface area contributed by atoms with Crippen molar-refractivity contribution in [2.75, 3.05) is 0 Å². The van der Waals surface area contributed by atoms with E-state index in [9.17, 15) is 0 Å². The zero-order chi connectivity index (χ0) is 7.40. The zero-order valence-corrected chi connectivity index (χ0v) is 6.68. The molecule has 1 aromatic carbocycles. The van der Waals surface area contributed by atoms with E-state index in [4.69, 9.17) is 0 Å². The summed E-state index contributed by atoms with van der Waals surface area (Å²) in [6.07, 6.45) is 1.76. The Balaban J connectivity index is 3.03. The summed E-state index contributed by atoms with van der Waals surface area (Å²) in [5, 5.41) is 0. The predicted molar refractivity (Wildman–Crippen MR) is 47.5 cm³/mol. The van der Waals surface area contributed by atoms with E-state index in [2.05, 4.69) is 17.6 Å². The Kier molecular flexibility index (Phi) is 2.51. The van der Waals surface area contributed by atoms with Crippen molar-refractivity contribution >= 4 is 24.5 Å². The topological polar surface area (TPSA) is 12.4 Å². The van der Waals surface area contributed by atoms with E-state index >= 15 is 0 Å². The highest BCUT2D eigenvalue weighted by Crippen LogP contribution is 2.20. The van der Waals surface area contributed by atoms with Crippen LogP contribution < -0.4 is 0 Å². The molecule has 0 heterocycles. The van der Waals surface area contributed by atoms with Crippen LogP contribution in [0, 0.1) is 0 Å². The highest BCUT2D eigenvalue weighted by Gasteiger charge is 1.90. The second-order valence-electron chi connectivity index (χ2n) is 1.88. The first-order valence-corrected chi connectivity index (χ1v) is 3.56. The smallest absolute Gasteiger partial charge is 0.0758 e. The fraction of sp³-hybridized carbons (Fsp3) is 0.125. The molecule has 0 aliphatic carbocycles. The Morgan fingerprint density at radius 1 is 1.40 bits per heavy atom. The maximum Gasteiger partial charge on any atom is 0.0758 e. The van der Waals surface area contributed by atoms with E-state index in [1.54, 1.807) is 6.21 Å². The SMILES string of the molecule is C/C=N/c1ccccc1S. The zero-order valence-electron chi connectivity index (χ0n) is 5.78. The van der Waals surface area contributed by atoms with Crippen LogP contribution >= 0.6 is 12.6 Å². The van der Waals surface area contributed by atoms with E-state index < -0.39 is 0 Å². The highest BCUT2D eigenvalue weighted by atomic mass is 32.1. The standard InChI is InChI=1S/C8H9NS/c1-2-9-7-5-3-4-6-8(7)10/h2-6,10H,1H3/b9-2+. The van der Waals surface area contributed by atoms with Crippen LogP contribution in [-0.2, 0) is 0 Å². The van der Waals surface area contributed by atoms with Gasteiger partial charge in [-0.05, 0) is 19.1 Å². The normalized spacial score (nSPS) is 10.6. The molecule has 0 atom stereocenters. The Bertz CT molecular complexity index is 243. The van der Waals surface area contributed by atoms with Gasteiger partial charge in [-0.15, -0.1) is 12.6 Å². The first kappa shape index (κ1) is 7.35. The van der Waals surface area contributed by atoms with Crippen LogP contribution in [0.4, 0.5) is 5.69 Å². The fourth-order valence-electron chi connectivity index (χ4n) is 0.712. The van der Waals surface area contributed by atoms with Crippen LogP contribution in [0.15, 0.2) is 34.2 Å². The van der Waals surface area contributed by atoms with Crippen molar-refractivity contribution in [1.29, 1.82) is 0 Å². The van der Waals surface area contributed by atoms with Gasteiger partial charge in [-0.1, -0.05) is 12.1 Å². The van der Waals surface area contributed by atoms with Crippen molar-refractivity contribution in [2.24, 2.45) is 4.99 Å². The monoisotopic (exact) mass is 151 g/mol. The maximum absolute atomic E-state index is 4.22. The molecule has 0 aliphatic rings. The number of hydrogen-bond donors (Lipinski definition) is 1.